The Morgan fingerprint density at radius 2 is 1.86 bits per heavy atom. The molecule has 0 spiro atoms. The van der Waals surface area contributed by atoms with Crippen LogP contribution in [0.15, 0.2) is 24.3 Å². The van der Waals surface area contributed by atoms with Gasteiger partial charge >= 0.3 is 0 Å². The van der Waals surface area contributed by atoms with Gasteiger partial charge in [0.1, 0.15) is 0 Å². The van der Waals surface area contributed by atoms with Crippen LogP contribution >= 0.6 is 0 Å². The van der Waals surface area contributed by atoms with Gasteiger partial charge in [0.05, 0.1) is 0 Å². The number of aromatic nitrogens is 1. The third-order valence-corrected chi connectivity index (χ3v) is 3.03. The van der Waals surface area contributed by atoms with E-state index in [2.05, 4.69) is 49.6 Å². The summed E-state index contributed by atoms with van der Waals surface area (Å²) in [6.45, 7) is 7.72. The van der Waals surface area contributed by atoms with Gasteiger partial charge in [-0.2, -0.15) is 0 Å². The zero-order valence-electron chi connectivity index (χ0n) is 9.17. The van der Waals surface area contributed by atoms with Gasteiger partial charge in [-0.05, 0) is 31.9 Å². The number of aryl methyl sites for hydroxylation is 2. The van der Waals surface area contributed by atoms with Gasteiger partial charge in [-0.3, -0.25) is 0 Å². The molecule has 0 bridgehead atoms. The minimum absolute atomic E-state index is 1.06. The zero-order valence-corrected chi connectivity index (χ0v) is 9.17. The van der Waals surface area contributed by atoms with Crippen LogP contribution in [-0.4, -0.2) is 4.57 Å². The van der Waals surface area contributed by atoms with E-state index in [-0.39, 0.29) is 0 Å². The fourth-order valence-corrected chi connectivity index (χ4v) is 2.36. The van der Waals surface area contributed by atoms with Crippen molar-refractivity contribution in [2.24, 2.45) is 0 Å². The molecule has 0 saturated carbocycles. The molecule has 74 valence electrons. The molecular formula is C13H17N. The summed E-state index contributed by atoms with van der Waals surface area (Å²) in [7, 11) is 0. The maximum atomic E-state index is 2.40. The molecule has 2 rings (SSSR count). The van der Waals surface area contributed by atoms with E-state index in [4.69, 9.17) is 0 Å². The number of rotatable bonds is 2. The van der Waals surface area contributed by atoms with Crippen LogP contribution in [-0.2, 0) is 13.0 Å². The largest absolute Gasteiger partial charge is 0.345 e. The minimum Gasteiger partial charge on any atom is -0.345 e. The van der Waals surface area contributed by atoms with Crippen molar-refractivity contribution >= 4 is 10.9 Å². The highest BCUT2D eigenvalue weighted by molar-refractivity contribution is 5.85. The third-order valence-electron chi connectivity index (χ3n) is 3.03. The van der Waals surface area contributed by atoms with Crippen molar-refractivity contribution < 1.29 is 0 Å². The lowest BCUT2D eigenvalue weighted by molar-refractivity contribution is 0.763. The smallest absolute Gasteiger partial charge is 0.0485 e. The van der Waals surface area contributed by atoms with E-state index in [1.807, 2.05) is 0 Å². The summed E-state index contributed by atoms with van der Waals surface area (Å²) in [5.41, 5.74) is 4.31. The van der Waals surface area contributed by atoms with Crippen molar-refractivity contribution in [1.29, 1.82) is 0 Å². The molecule has 0 aliphatic rings. The van der Waals surface area contributed by atoms with Crippen molar-refractivity contribution in [2.45, 2.75) is 33.7 Å². The predicted octanol–water partition coefficient (Wildman–Crippen LogP) is 3.53. The first kappa shape index (κ1) is 9.32. The van der Waals surface area contributed by atoms with Crippen molar-refractivity contribution in [2.75, 3.05) is 0 Å². The van der Waals surface area contributed by atoms with Gasteiger partial charge < -0.3 is 4.57 Å². The lowest BCUT2D eigenvalue weighted by Gasteiger charge is -2.03. The Hall–Kier alpha value is -1.24. The van der Waals surface area contributed by atoms with Crippen molar-refractivity contribution in [1.82, 2.24) is 4.57 Å². The standard InChI is InChI=1S/C13H17N/c1-4-11-10(3)14(5-2)13-9-7-6-8-12(11)13/h6-9H,4-5H2,1-3H3. The minimum atomic E-state index is 1.06. The Labute approximate surface area is 85.4 Å². The van der Waals surface area contributed by atoms with Crippen molar-refractivity contribution in [3.63, 3.8) is 0 Å². The number of para-hydroxylation sites is 1. The number of hydrogen-bond donors (Lipinski definition) is 0. The molecule has 0 aliphatic carbocycles. The fourth-order valence-electron chi connectivity index (χ4n) is 2.36. The van der Waals surface area contributed by atoms with E-state index in [0.29, 0.717) is 0 Å². The third kappa shape index (κ3) is 1.16. The van der Waals surface area contributed by atoms with Gasteiger partial charge in [0.15, 0.2) is 0 Å². The molecule has 14 heavy (non-hydrogen) atoms. The van der Waals surface area contributed by atoms with Gasteiger partial charge in [-0.1, -0.05) is 25.1 Å². The second-order valence-electron chi connectivity index (χ2n) is 3.68. The Balaban J connectivity index is 2.85. The molecule has 1 aromatic heterocycles. The molecule has 0 fully saturated rings. The molecule has 0 unspecified atom stereocenters. The summed E-state index contributed by atoms with van der Waals surface area (Å²) in [6.07, 6.45) is 1.12. The summed E-state index contributed by atoms with van der Waals surface area (Å²) < 4.78 is 2.40. The van der Waals surface area contributed by atoms with Crippen LogP contribution in [0.25, 0.3) is 10.9 Å². The van der Waals surface area contributed by atoms with Crippen LogP contribution in [0.4, 0.5) is 0 Å². The van der Waals surface area contributed by atoms with E-state index in [0.717, 1.165) is 13.0 Å². The Kier molecular flexibility index (Phi) is 2.32. The maximum Gasteiger partial charge on any atom is 0.0485 e. The second kappa shape index (κ2) is 3.49. The van der Waals surface area contributed by atoms with Gasteiger partial charge in [0.2, 0.25) is 0 Å². The first-order valence-electron chi connectivity index (χ1n) is 5.36. The van der Waals surface area contributed by atoms with Crippen LogP contribution in [0.3, 0.4) is 0 Å². The molecule has 0 saturated heterocycles. The molecule has 2 aromatic rings. The van der Waals surface area contributed by atoms with Crippen molar-refractivity contribution in [3.05, 3.63) is 35.5 Å². The van der Waals surface area contributed by atoms with E-state index < -0.39 is 0 Å². The van der Waals surface area contributed by atoms with Gasteiger partial charge in [0.25, 0.3) is 0 Å². The Bertz CT molecular complexity index is 410. The van der Waals surface area contributed by atoms with Crippen LogP contribution in [0.1, 0.15) is 25.1 Å². The Morgan fingerprint density at radius 1 is 1.14 bits per heavy atom. The molecule has 1 nitrogen and oxygen atoms in total. The van der Waals surface area contributed by atoms with E-state index in [1.54, 1.807) is 0 Å². The highest BCUT2D eigenvalue weighted by Gasteiger charge is 2.09. The first-order chi connectivity index (χ1) is 6.79. The SMILES string of the molecule is CCc1c(C)n(CC)c2ccccc12. The van der Waals surface area contributed by atoms with E-state index in [1.165, 1.54) is 22.2 Å². The zero-order chi connectivity index (χ0) is 10.1. The molecule has 0 radical (unpaired) electrons. The Morgan fingerprint density at radius 3 is 2.50 bits per heavy atom. The topological polar surface area (TPSA) is 4.93 Å². The van der Waals surface area contributed by atoms with Gasteiger partial charge in [0, 0.05) is 23.1 Å². The highest BCUT2D eigenvalue weighted by Crippen LogP contribution is 2.25. The van der Waals surface area contributed by atoms with Gasteiger partial charge in [-0.25, -0.2) is 0 Å². The molecule has 0 amide bonds. The molecule has 0 N–H and O–H groups in total. The van der Waals surface area contributed by atoms with Crippen LogP contribution in [0, 0.1) is 6.92 Å². The number of benzene rings is 1. The first-order valence-corrected chi connectivity index (χ1v) is 5.36. The summed E-state index contributed by atoms with van der Waals surface area (Å²) >= 11 is 0. The van der Waals surface area contributed by atoms with Gasteiger partial charge in [-0.15, -0.1) is 0 Å². The van der Waals surface area contributed by atoms with Crippen LogP contribution in [0.5, 0.6) is 0 Å². The summed E-state index contributed by atoms with van der Waals surface area (Å²) in [5.74, 6) is 0. The summed E-state index contributed by atoms with van der Waals surface area (Å²) in [5, 5.41) is 1.43. The van der Waals surface area contributed by atoms with E-state index >= 15 is 0 Å². The van der Waals surface area contributed by atoms with Crippen LogP contribution in [0.2, 0.25) is 0 Å². The van der Waals surface area contributed by atoms with Crippen molar-refractivity contribution in [3.8, 4) is 0 Å². The maximum absolute atomic E-state index is 2.40. The molecule has 0 aliphatic heterocycles. The molecule has 1 aromatic carbocycles. The lowest BCUT2D eigenvalue weighted by Crippen LogP contribution is -1.96. The molecule has 1 heteroatoms. The normalized spacial score (nSPS) is 11.1. The monoisotopic (exact) mass is 187 g/mol. The fraction of sp³-hybridized carbons (Fsp3) is 0.385. The second-order valence-corrected chi connectivity index (χ2v) is 3.68. The number of nitrogens with zero attached hydrogens (tertiary/aromatic N) is 1. The lowest BCUT2D eigenvalue weighted by atomic mass is 10.1. The summed E-state index contributed by atoms with van der Waals surface area (Å²) in [6, 6.07) is 8.69. The highest BCUT2D eigenvalue weighted by atomic mass is 15.0. The quantitative estimate of drug-likeness (QED) is 0.677. The van der Waals surface area contributed by atoms with Crippen LogP contribution < -0.4 is 0 Å². The summed E-state index contributed by atoms with van der Waals surface area (Å²) in [4.78, 5) is 0. The average Bonchev–Trinajstić information content (AvgIpc) is 2.49. The molecule has 1 heterocycles. The van der Waals surface area contributed by atoms with E-state index in [9.17, 15) is 0 Å². The molecular weight excluding hydrogens is 170 g/mol. The number of fused-ring (bicyclic) bond motifs is 1. The number of hydrogen-bond acceptors (Lipinski definition) is 0. The average molecular weight is 187 g/mol. The predicted molar refractivity (Wildman–Crippen MR) is 61.7 cm³/mol. The molecule has 0 atom stereocenters.